The molecular formula is C23H26Br2N2O10. The van der Waals surface area contributed by atoms with Gasteiger partial charge in [0, 0.05) is 0 Å². The third-order valence-corrected chi connectivity index (χ3v) is 5.47. The smallest absolute Gasteiger partial charge is 0.406 e. The van der Waals surface area contributed by atoms with E-state index in [1.165, 1.54) is 33.5 Å². The first-order valence-corrected chi connectivity index (χ1v) is 12.0. The number of carbonyl (C=O) groups excluding carboxylic acids is 3. The highest BCUT2D eigenvalue weighted by Crippen LogP contribution is 2.27. The first-order valence-electron chi connectivity index (χ1n) is 10.4. The molecule has 0 saturated carbocycles. The summed E-state index contributed by atoms with van der Waals surface area (Å²) in [6.45, 7) is 1.01. The summed E-state index contributed by atoms with van der Waals surface area (Å²) in [5, 5.41) is 13.8. The van der Waals surface area contributed by atoms with Gasteiger partial charge in [-0.25, -0.2) is 19.2 Å². The van der Waals surface area contributed by atoms with Crippen LogP contribution in [-0.4, -0.2) is 76.9 Å². The van der Waals surface area contributed by atoms with Crippen molar-refractivity contribution >= 4 is 56.0 Å². The monoisotopic (exact) mass is 648 g/mol. The second-order valence-electron chi connectivity index (χ2n) is 6.62. The Morgan fingerprint density at radius 1 is 0.730 bits per heavy atom. The topological polar surface area (TPSA) is 159 Å². The lowest BCUT2D eigenvalue weighted by molar-refractivity contribution is 0.0599. The van der Waals surface area contributed by atoms with Crippen LogP contribution in [0.4, 0.5) is 9.59 Å². The van der Waals surface area contributed by atoms with Crippen LogP contribution in [0.3, 0.4) is 0 Å². The van der Waals surface area contributed by atoms with Crippen LogP contribution in [0.2, 0.25) is 0 Å². The van der Waals surface area contributed by atoms with E-state index in [2.05, 4.69) is 56.7 Å². The number of nitrogens with one attached hydrogen (secondary N) is 2. The van der Waals surface area contributed by atoms with E-state index in [-0.39, 0.29) is 25.3 Å². The van der Waals surface area contributed by atoms with E-state index in [0.29, 0.717) is 32.6 Å². The van der Waals surface area contributed by atoms with E-state index in [0.717, 1.165) is 0 Å². The molecule has 3 N–H and O–H groups in total. The average Bonchev–Trinajstić information content (AvgIpc) is 2.90. The Labute approximate surface area is 229 Å². The van der Waals surface area contributed by atoms with Crippen LogP contribution in [0.15, 0.2) is 45.3 Å². The van der Waals surface area contributed by atoms with Crippen molar-refractivity contribution in [1.29, 1.82) is 0 Å². The van der Waals surface area contributed by atoms with Gasteiger partial charge in [-0.2, -0.15) is 0 Å². The number of hydrogen-bond donors (Lipinski definition) is 3. The molecule has 2 rings (SSSR count). The molecule has 0 aliphatic heterocycles. The van der Waals surface area contributed by atoms with Gasteiger partial charge < -0.3 is 39.4 Å². The third kappa shape index (κ3) is 11.8. The predicted molar refractivity (Wildman–Crippen MR) is 138 cm³/mol. The van der Waals surface area contributed by atoms with Crippen LogP contribution in [0.25, 0.3) is 0 Å². The molecule has 14 heteroatoms. The summed E-state index contributed by atoms with van der Waals surface area (Å²) in [5.41, 5.74) is 0.524. The zero-order valence-corrected chi connectivity index (χ0v) is 23.3. The number of ether oxygens (including phenoxy) is 5. The van der Waals surface area contributed by atoms with Crippen molar-refractivity contribution in [2.45, 2.75) is 0 Å². The van der Waals surface area contributed by atoms with Crippen LogP contribution in [0.1, 0.15) is 20.7 Å². The van der Waals surface area contributed by atoms with Crippen molar-refractivity contribution in [3.8, 4) is 11.5 Å². The van der Waals surface area contributed by atoms with Gasteiger partial charge in [-0.05, 0) is 68.3 Å². The molecule has 0 aromatic heterocycles. The zero-order valence-electron chi connectivity index (χ0n) is 20.2. The number of esters is 1. The molecule has 37 heavy (non-hydrogen) atoms. The summed E-state index contributed by atoms with van der Waals surface area (Å²) in [6, 6.07) is 9.34. The molecule has 0 aliphatic carbocycles. The minimum atomic E-state index is -1.03. The van der Waals surface area contributed by atoms with E-state index in [1.54, 1.807) is 24.3 Å². The van der Waals surface area contributed by atoms with Gasteiger partial charge >= 0.3 is 24.1 Å². The molecule has 0 atom stereocenters. The first kappa shape index (κ1) is 31.5. The molecular weight excluding hydrogens is 624 g/mol. The van der Waals surface area contributed by atoms with Gasteiger partial charge in [0.1, 0.15) is 24.7 Å². The maximum atomic E-state index is 11.4. The molecule has 0 bridgehead atoms. The quantitative estimate of drug-likeness (QED) is 0.196. The van der Waals surface area contributed by atoms with Crippen molar-refractivity contribution in [3.63, 3.8) is 0 Å². The van der Waals surface area contributed by atoms with Gasteiger partial charge in [-0.15, -0.1) is 0 Å². The van der Waals surface area contributed by atoms with Crippen molar-refractivity contribution in [1.82, 2.24) is 10.6 Å². The molecule has 0 unspecified atom stereocenters. The Kier molecular flexibility index (Phi) is 14.5. The number of rotatable bonds is 10. The summed E-state index contributed by atoms with van der Waals surface area (Å²) >= 11 is 6.55. The molecule has 0 aliphatic rings. The van der Waals surface area contributed by atoms with Crippen molar-refractivity contribution in [2.24, 2.45) is 0 Å². The minimum Gasteiger partial charge on any atom is -0.491 e. The number of carboxylic acid groups (broad SMARTS) is 1. The summed E-state index contributed by atoms with van der Waals surface area (Å²) in [5.74, 6) is -0.568. The second kappa shape index (κ2) is 17.0. The Morgan fingerprint density at radius 3 is 1.57 bits per heavy atom. The number of alkyl carbamates (subject to hydrolysis) is 2. The lowest BCUT2D eigenvalue weighted by Crippen LogP contribution is -2.27. The van der Waals surface area contributed by atoms with Crippen molar-refractivity contribution in [3.05, 3.63) is 56.5 Å². The second-order valence-corrected chi connectivity index (χ2v) is 8.33. The van der Waals surface area contributed by atoms with E-state index >= 15 is 0 Å². The number of aromatic carboxylic acids is 1. The summed E-state index contributed by atoms with van der Waals surface area (Å²) in [4.78, 5) is 43.7. The molecule has 12 nitrogen and oxygen atoms in total. The fraction of sp³-hybridized carbons (Fsp3) is 0.304. The van der Waals surface area contributed by atoms with Gasteiger partial charge in [-0.1, -0.05) is 0 Å². The minimum absolute atomic E-state index is 0.133. The predicted octanol–water partition coefficient (Wildman–Crippen LogP) is 3.85. The van der Waals surface area contributed by atoms with Gasteiger partial charge in [0.25, 0.3) is 0 Å². The highest BCUT2D eigenvalue weighted by molar-refractivity contribution is 9.10. The number of amides is 2. The maximum Gasteiger partial charge on any atom is 0.406 e. The van der Waals surface area contributed by atoms with Crippen LogP contribution >= 0.6 is 31.9 Å². The van der Waals surface area contributed by atoms with Crippen LogP contribution < -0.4 is 20.1 Å². The first-order chi connectivity index (χ1) is 17.6. The van der Waals surface area contributed by atoms with Gasteiger partial charge in [-0.3, -0.25) is 0 Å². The Balaban J connectivity index is 0.000000371. The maximum absolute atomic E-state index is 11.4. The van der Waals surface area contributed by atoms with E-state index in [4.69, 9.17) is 14.6 Å². The Hall–Kier alpha value is -3.52. The standard InChI is InChI=1S/C12H14BrNO5.C11H12BrNO5/c1-17-11(15)8-3-4-9(13)10(7-8)19-6-5-14-12(16)18-2;1-17-11(16)13-4-5-18-9-6-7(10(14)15)2-3-8(9)12/h3-4,7H,5-6H2,1-2H3,(H,14,16);2-3,6H,4-5H2,1H3,(H,13,16)(H,14,15). The molecule has 0 saturated heterocycles. The summed E-state index contributed by atoms with van der Waals surface area (Å²) in [6.07, 6.45) is -1.07. The normalized spacial score (nSPS) is 9.65. The number of halogens is 2. The molecule has 0 radical (unpaired) electrons. The van der Waals surface area contributed by atoms with E-state index in [9.17, 15) is 19.2 Å². The fourth-order valence-corrected chi connectivity index (χ4v) is 3.10. The van der Waals surface area contributed by atoms with Crippen LogP contribution in [-0.2, 0) is 14.2 Å². The number of carbonyl (C=O) groups is 4. The zero-order chi connectivity index (χ0) is 27.8. The number of methoxy groups -OCH3 is 3. The molecule has 2 amide bonds. The Morgan fingerprint density at radius 2 is 1.16 bits per heavy atom. The highest BCUT2D eigenvalue weighted by Gasteiger charge is 2.10. The van der Waals surface area contributed by atoms with Gasteiger partial charge in [0.2, 0.25) is 0 Å². The number of benzene rings is 2. The molecule has 0 spiro atoms. The SMILES string of the molecule is COC(=O)NCCOc1cc(C(=O)O)ccc1Br.COC(=O)NCCOc1cc(C(=O)OC)ccc1Br. The van der Waals surface area contributed by atoms with Crippen LogP contribution in [0.5, 0.6) is 11.5 Å². The Bertz CT molecular complexity index is 1080. The lowest BCUT2D eigenvalue weighted by atomic mass is 10.2. The molecule has 2 aromatic carbocycles. The lowest BCUT2D eigenvalue weighted by Gasteiger charge is -2.10. The fourth-order valence-electron chi connectivity index (χ4n) is 2.38. The van der Waals surface area contributed by atoms with Gasteiger partial charge in [0.15, 0.2) is 0 Å². The van der Waals surface area contributed by atoms with Crippen molar-refractivity contribution in [2.75, 3.05) is 47.6 Å². The van der Waals surface area contributed by atoms with E-state index < -0.39 is 24.1 Å². The number of carboxylic acids is 1. The van der Waals surface area contributed by atoms with Crippen LogP contribution in [0, 0.1) is 0 Å². The third-order valence-electron chi connectivity index (χ3n) is 4.16. The summed E-state index contributed by atoms with van der Waals surface area (Å²) < 4.78 is 25.6. The largest absolute Gasteiger partial charge is 0.491 e. The summed E-state index contributed by atoms with van der Waals surface area (Å²) in [7, 11) is 3.86. The molecule has 2 aromatic rings. The number of hydrogen-bond acceptors (Lipinski definition) is 9. The van der Waals surface area contributed by atoms with Gasteiger partial charge in [0.05, 0.1) is 54.5 Å². The molecule has 202 valence electrons. The highest BCUT2D eigenvalue weighted by atomic mass is 79.9. The van der Waals surface area contributed by atoms with E-state index in [1.807, 2.05) is 0 Å². The average molecular weight is 650 g/mol. The molecule has 0 fully saturated rings. The molecule has 0 heterocycles. The van der Waals surface area contributed by atoms with Crippen molar-refractivity contribution < 1.29 is 48.0 Å².